The predicted octanol–water partition coefficient (Wildman–Crippen LogP) is 5.37. The van der Waals surface area contributed by atoms with Crippen molar-refractivity contribution in [3.05, 3.63) is 65.7 Å². The van der Waals surface area contributed by atoms with E-state index in [-0.39, 0.29) is 5.41 Å². The van der Waals surface area contributed by atoms with Gasteiger partial charge < -0.3 is 9.64 Å². The summed E-state index contributed by atoms with van der Waals surface area (Å²) >= 11 is 0. The highest BCUT2D eigenvalue weighted by Gasteiger charge is 2.60. The summed E-state index contributed by atoms with van der Waals surface area (Å²) < 4.78 is 6.86. The maximum absolute atomic E-state index is 6.86. The molecule has 3 heterocycles. The van der Waals surface area contributed by atoms with E-state index in [1.807, 2.05) is 0 Å². The average Bonchev–Trinajstić information content (AvgIpc) is 2.88. The van der Waals surface area contributed by atoms with E-state index in [2.05, 4.69) is 79.6 Å². The van der Waals surface area contributed by atoms with E-state index in [9.17, 15) is 0 Å². The van der Waals surface area contributed by atoms with Crippen molar-refractivity contribution in [1.29, 1.82) is 0 Å². The molecule has 0 aliphatic carbocycles. The second-order valence-corrected chi connectivity index (χ2v) is 8.38. The van der Waals surface area contributed by atoms with Crippen LogP contribution in [-0.2, 0) is 11.8 Å². The Labute approximate surface area is 159 Å². The summed E-state index contributed by atoms with van der Waals surface area (Å²) in [5.74, 6) is 0.879. The van der Waals surface area contributed by atoms with Crippen LogP contribution < -0.4 is 9.64 Å². The van der Waals surface area contributed by atoms with Gasteiger partial charge in [0.05, 0.1) is 11.6 Å². The first kappa shape index (κ1) is 15.3. The van der Waals surface area contributed by atoms with Gasteiger partial charge in [-0.1, -0.05) is 48.5 Å². The topological polar surface area (TPSA) is 24.8 Å². The molecule has 6 rings (SSSR count). The molecule has 134 valence electrons. The summed E-state index contributed by atoms with van der Waals surface area (Å²) in [4.78, 5) is 7.46. The second kappa shape index (κ2) is 4.92. The minimum atomic E-state index is -0.568. The Kier molecular flexibility index (Phi) is 2.78. The van der Waals surface area contributed by atoms with Crippen LogP contribution in [0.5, 0.6) is 5.75 Å². The second-order valence-electron chi connectivity index (χ2n) is 8.38. The number of aliphatic imine (C=N–C) groups is 1. The van der Waals surface area contributed by atoms with Crippen LogP contribution in [0.1, 0.15) is 31.4 Å². The average molecular weight is 354 g/mol. The quantitative estimate of drug-likeness (QED) is 0.542. The van der Waals surface area contributed by atoms with Crippen LogP contribution >= 0.6 is 0 Å². The van der Waals surface area contributed by atoms with E-state index >= 15 is 0 Å². The van der Waals surface area contributed by atoms with Gasteiger partial charge in [-0.25, -0.2) is 0 Å². The van der Waals surface area contributed by atoms with Crippen LogP contribution in [0.25, 0.3) is 10.8 Å². The van der Waals surface area contributed by atoms with Gasteiger partial charge in [0.1, 0.15) is 11.4 Å². The monoisotopic (exact) mass is 354 g/mol. The first-order valence-electron chi connectivity index (χ1n) is 9.78. The van der Waals surface area contributed by atoms with E-state index in [0.29, 0.717) is 0 Å². The number of para-hydroxylation sites is 1. The van der Waals surface area contributed by atoms with Gasteiger partial charge in [0, 0.05) is 17.6 Å². The highest BCUT2D eigenvalue weighted by Crippen LogP contribution is 2.56. The molecule has 0 radical (unpaired) electrons. The first-order valence-corrected chi connectivity index (χ1v) is 9.78. The van der Waals surface area contributed by atoms with Crippen molar-refractivity contribution in [2.45, 2.75) is 37.8 Å². The van der Waals surface area contributed by atoms with Crippen LogP contribution in [0.3, 0.4) is 0 Å². The standard InChI is InChI=1S/C24H22N2O/c1-23(2)19-11-5-8-17-9-6-14-26(22(17)19)24(23)15-25-21-18-10-4-3-7-16(18)12-13-20(21)27-24/h3-5,7-8,10-13,15H,6,9,14H2,1-2H3/t24-/m0/s1. The number of hydrogen-bond acceptors (Lipinski definition) is 3. The Bertz CT molecular complexity index is 1130. The van der Waals surface area contributed by atoms with Gasteiger partial charge in [-0.15, -0.1) is 0 Å². The van der Waals surface area contributed by atoms with Gasteiger partial charge in [0.25, 0.3) is 0 Å². The molecular weight excluding hydrogens is 332 g/mol. The lowest BCUT2D eigenvalue weighted by atomic mass is 9.77. The molecule has 1 spiro atoms. The number of fused-ring (bicyclic) bond motifs is 4. The molecule has 0 aromatic heterocycles. The van der Waals surface area contributed by atoms with Crippen molar-refractivity contribution in [3.8, 4) is 5.75 Å². The molecule has 27 heavy (non-hydrogen) atoms. The third kappa shape index (κ3) is 1.75. The number of benzene rings is 3. The SMILES string of the molecule is CC1(C)c2cccc3c2N(CCC3)[C@]12C=Nc1c(ccc3ccccc13)O2. The third-order valence-corrected chi connectivity index (χ3v) is 6.68. The van der Waals surface area contributed by atoms with Gasteiger partial charge in [-0.2, -0.15) is 0 Å². The molecule has 0 saturated carbocycles. The molecule has 0 N–H and O–H groups in total. The lowest BCUT2D eigenvalue weighted by Crippen LogP contribution is -2.62. The number of ether oxygens (including phenoxy) is 1. The lowest BCUT2D eigenvalue weighted by molar-refractivity contribution is 0.0770. The van der Waals surface area contributed by atoms with Gasteiger partial charge in [0.15, 0.2) is 0 Å². The Hall–Kier alpha value is -2.81. The minimum Gasteiger partial charge on any atom is -0.459 e. The summed E-state index contributed by atoms with van der Waals surface area (Å²) in [6, 6.07) is 19.3. The van der Waals surface area contributed by atoms with Crippen LogP contribution in [0.15, 0.2) is 59.6 Å². The number of aryl methyl sites for hydroxylation is 1. The molecule has 3 heteroatoms. The molecular formula is C24H22N2O. The normalized spacial score (nSPS) is 24.0. The Balaban J connectivity index is 1.58. The highest BCUT2D eigenvalue weighted by molar-refractivity contribution is 6.00. The zero-order valence-electron chi connectivity index (χ0n) is 15.7. The Morgan fingerprint density at radius 2 is 1.89 bits per heavy atom. The van der Waals surface area contributed by atoms with Crippen LogP contribution in [0.4, 0.5) is 11.4 Å². The zero-order chi connectivity index (χ0) is 18.2. The summed E-state index contributed by atoms with van der Waals surface area (Å²) in [5.41, 5.74) is 4.36. The molecule has 0 unspecified atom stereocenters. The predicted molar refractivity (Wildman–Crippen MR) is 111 cm³/mol. The van der Waals surface area contributed by atoms with E-state index in [4.69, 9.17) is 9.73 Å². The molecule has 3 aromatic rings. The molecule has 0 amide bonds. The van der Waals surface area contributed by atoms with Crippen LogP contribution in [0.2, 0.25) is 0 Å². The Morgan fingerprint density at radius 3 is 2.81 bits per heavy atom. The van der Waals surface area contributed by atoms with E-state index in [1.165, 1.54) is 22.2 Å². The fourth-order valence-corrected chi connectivity index (χ4v) is 5.23. The maximum atomic E-state index is 6.86. The van der Waals surface area contributed by atoms with E-state index < -0.39 is 5.72 Å². The number of nitrogens with zero attached hydrogens (tertiary/aromatic N) is 2. The van der Waals surface area contributed by atoms with Gasteiger partial charge in [-0.05, 0) is 49.3 Å². The molecule has 0 fully saturated rings. The number of rotatable bonds is 0. The molecule has 0 bridgehead atoms. The largest absolute Gasteiger partial charge is 0.459 e. The summed E-state index contributed by atoms with van der Waals surface area (Å²) in [7, 11) is 0. The maximum Gasteiger partial charge on any atom is 0.228 e. The van der Waals surface area contributed by atoms with E-state index in [0.717, 1.165) is 36.2 Å². The molecule has 3 aliphatic rings. The minimum absolute atomic E-state index is 0.185. The fourth-order valence-electron chi connectivity index (χ4n) is 5.23. The lowest BCUT2D eigenvalue weighted by Gasteiger charge is -2.47. The highest BCUT2D eigenvalue weighted by atomic mass is 16.5. The van der Waals surface area contributed by atoms with Crippen molar-refractivity contribution >= 4 is 28.4 Å². The van der Waals surface area contributed by atoms with Gasteiger partial charge in [-0.3, -0.25) is 4.99 Å². The van der Waals surface area contributed by atoms with Gasteiger partial charge >= 0.3 is 0 Å². The molecule has 3 aromatic carbocycles. The summed E-state index contributed by atoms with van der Waals surface area (Å²) in [5, 5.41) is 2.34. The first-order chi connectivity index (χ1) is 13.1. The third-order valence-electron chi connectivity index (χ3n) is 6.68. The van der Waals surface area contributed by atoms with Crippen molar-refractivity contribution in [1.82, 2.24) is 0 Å². The summed E-state index contributed by atoms with van der Waals surface area (Å²) in [6.07, 6.45) is 4.36. The zero-order valence-corrected chi connectivity index (χ0v) is 15.7. The van der Waals surface area contributed by atoms with E-state index in [1.54, 1.807) is 0 Å². The van der Waals surface area contributed by atoms with Crippen LogP contribution in [-0.4, -0.2) is 18.5 Å². The molecule has 3 nitrogen and oxygen atoms in total. The molecule has 3 aliphatic heterocycles. The Morgan fingerprint density at radius 1 is 1.00 bits per heavy atom. The fraction of sp³-hybridized carbons (Fsp3) is 0.292. The van der Waals surface area contributed by atoms with Crippen molar-refractivity contribution < 1.29 is 4.74 Å². The van der Waals surface area contributed by atoms with Crippen molar-refractivity contribution in [2.75, 3.05) is 11.4 Å². The molecule has 0 saturated heterocycles. The number of anilines is 1. The van der Waals surface area contributed by atoms with Gasteiger partial charge in [0.2, 0.25) is 5.72 Å². The van der Waals surface area contributed by atoms with Crippen molar-refractivity contribution in [3.63, 3.8) is 0 Å². The smallest absolute Gasteiger partial charge is 0.228 e. The van der Waals surface area contributed by atoms with Crippen LogP contribution in [0, 0.1) is 0 Å². The number of hydrogen-bond donors (Lipinski definition) is 0. The summed E-state index contributed by atoms with van der Waals surface area (Å²) in [6.45, 7) is 5.58. The molecule has 1 atom stereocenters. The van der Waals surface area contributed by atoms with Crippen molar-refractivity contribution in [2.24, 2.45) is 4.99 Å².